The summed E-state index contributed by atoms with van der Waals surface area (Å²) in [5.74, 6) is -0.304. The minimum Gasteiger partial charge on any atom is -0.379 e. The maximum Gasteiger partial charge on any atom is 0.264 e. The molecule has 0 bridgehead atoms. The molecule has 0 radical (unpaired) electrons. The molecular weight excluding hydrogens is 220 g/mol. The third kappa shape index (κ3) is 1.83. The fourth-order valence-electron chi connectivity index (χ4n) is 1.35. The highest BCUT2D eigenvalue weighted by atomic mass is 32.2. The first-order valence-corrected chi connectivity index (χ1v) is 5.83. The number of ether oxygens (including phenoxy) is 1. The van der Waals surface area contributed by atoms with E-state index < -0.39 is 10.0 Å². The smallest absolute Gasteiger partial charge is 0.264 e. The van der Waals surface area contributed by atoms with E-state index in [0.29, 0.717) is 26.3 Å². The zero-order chi connectivity index (χ0) is 10.9. The second-order valence-electron chi connectivity index (χ2n) is 3.04. The van der Waals surface area contributed by atoms with Crippen LogP contribution in [0.2, 0.25) is 0 Å². The van der Waals surface area contributed by atoms with Gasteiger partial charge in [-0.2, -0.15) is 4.31 Å². The van der Waals surface area contributed by atoms with E-state index in [-0.39, 0.29) is 10.9 Å². The Labute approximate surface area is 87.0 Å². The zero-order valence-corrected chi connectivity index (χ0v) is 8.70. The van der Waals surface area contributed by atoms with Crippen LogP contribution in [-0.2, 0) is 14.8 Å². The van der Waals surface area contributed by atoms with Crippen LogP contribution >= 0.6 is 0 Å². The van der Waals surface area contributed by atoms with Gasteiger partial charge in [-0.05, 0) is 0 Å². The Kier molecular flexibility index (Phi) is 2.63. The first kappa shape index (κ1) is 10.4. The van der Waals surface area contributed by atoms with E-state index in [1.165, 1.54) is 4.31 Å². The topological polar surface area (TPSA) is 95.2 Å². The molecule has 2 aliphatic rings. The molecule has 0 aromatic carbocycles. The summed E-state index contributed by atoms with van der Waals surface area (Å²) in [5, 5.41) is 7.04. The van der Waals surface area contributed by atoms with Crippen molar-refractivity contribution >= 4 is 27.2 Å². The van der Waals surface area contributed by atoms with Crippen molar-refractivity contribution in [1.29, 1.82) is 5.41 Å². The van der Waals surface area contributed by atoms with Gasteiger partial charge in [0.1, 0.15) is 6.34 Å². The van der Waals surface area contributed by atoms with Gasteiger partial charge in [0.05, 0.1) is 13.2 Å². The highest BCUT2D eigenvalue weighted by Crippen LogP contribution is 2.10. The van der Waals surface area contributed by atoms with Gasteiger partial charge in [0, 0.05) is 13.1 Å². The Morgan fingerprint density at radius 2 is 2.07 bits per heavy atom. The van der Waals surface area contributed by atoms with Crippen molar-refractivity contribution in [1.82, 2.24) is 4.31 Å². The molecule has 0 saturated carbocycles. The lowest BCUT2D eigenvalue weighted by Crippen LogP contribution is -2.44. The molecule has 82 valence electrons. The molecule has 0 aliphatic carbocycles. The molecule has 0 aromatic heterocycles. The molecule has 1 N–H and O–H groups in total. The van der Waals surface area contributed by atoms with E-state index >= 15 is 0 Å². The second-order valence-corrected chi connectivity index (χ2v) is 4.90. The quantitative estimate of drug-likeness (QED) is 0.630. The van der Waals surface area contributed by atoms with Gasteiger partial charge in [-0.15, -0.1) is 0 Å². The van der Waals surface area contributed by atoms with Crippen molar-refractivity contribution < 1.29 is 13.2 Å². The van der Waals surface area contributed by atoms with Crippen LogP contribution in [0.4, 0.5) is 0 Å². The van der Waals surface area contributed by atoms with E-state index in [2.05, 4.69) is 9.98 Å². The molecule has 0 spiro atoms. The SMILES string of the molecule is N=C1N=CN=C1S(=O)(=O)N1CCOCC1. The molecule has 2 aliphatic heterocycles. The summed E-state index contributed by atoms with van der Waals surface area (Å²) in [7, 11) is -3.66. The lowest BCUT2D eigenvalue weighted by molar-refractivity contribution is 0.0738. The summed E-state index contributed by atoms with van der Waals surface area (Å²) in [5.41, 5.74) is 0. The highest BCUT2D eigenvalue weighted by Gasteiger charge is 2.33. The maximum absolute atomic E-state index is 11.9. The van der Waals surface area contributed by atoms with Gasteiger partial charge in [-0.1, -0.05) is 0 Å². The van der Waals surface area contributed by atoms with Crippen molar-refractivity contribution in [3.63, 3.8) is 0 Å². The zero-order valence-electron chi connectivity index (χ0n) is 7.88. The molecule has 0 aromatic rings. The number of nitrogens with zero attached hydrogens (tertiary/aromatic N) is 3. The van der Waals surface area contributed by atoms with Crippen LogP contribution in [0.25, 0.3) is 0 Å². The number of aliphatic imine (C=N–C) groups is 2. The van der Waals surface area contributed by atoms with E-state index in [1.807, 2.05) is 0 Å². The van der Waals surface area contributed by atoms with Crippen LogP contribution in [0.3, 0.4) is 0 Å². The van der Waals surface area contributed by atoms with E-state index in [0.717, 1.165) is 6.34 Å². The number of rotatable bonds is 1. The van der Waals surface area contributed by atoms with Crippen molar-refractivity contribution in [2.45, 2.75) is 0 Å². The molecular formula is C7H10N4O3S. The minimum absolute atomic E-state index is 0.274. The third-order valence-corrected chi connectivity index (χ3v) is 3.95. The number of sulfonamides is 1. The van der Waals surface area contributed by atoms with Crippen LogP contribution in [0, 0.1) is 5.41 Å². The van der Waals surface area contributed by atoms with Crippen molar-refractivity contribution in [3.8, 4) is 0 Å². The molecule has 2 rings (SSSR count). The Morgan fingerprint density at radius 3 is 2.60 bits per heavy atom. The van der Waals surface area contributed by atoms with Gasteiger partial charge in [0.2, 0.25) is 5.04 Å². The number of amidine groups is 1. The second kappa shape index (κ2) is 3.80. The number of morpholine rings is 1. The average molecular weight is 230 g/mol. The first-order valence-electron chi connectivity index (χ1n) is 4.39. The number of nitrogens with one attached hydrogen (secondary N) is 1. The lowest BCUT2D eigenvalue weighted by atomic mass is 10.5. The van der Waals surface area contributed by atoms with Crippen LogP contribution in [0.15, 0.2) is 9.98 Å². The lowest BCUT2D eigenvalue weighted by Gasteiger charge is -2.25. The molecule has 8 heteroatoms. The Bertz CT molecular complexity index is 433. The van der Waals surface area contributed by atoms with Crippen LogP contribution in [0.5, 0.6) is 0 Å². The Balaban J connectivity index is 2.23. The molecule has 0 amide bonds. The maximum atomic E-state index is 11.9. The van der Waals surface area contributed by atoms with Gasteiger partial charge in [-0.3, -0.25) is 5.41 Å². The Morgan fingerprint density at radius 1 is 1.40 bits per heavy atom. The summed E-state index contributed by atoms with van der Waals surface area (Å²) in [6.07, 6.45) is 1.08. The minimum atomic E-state index is -3.66. The molecule has 15 heavy (non-hydrogen) atoms. The standard InChI is InChI=1S/C7H10N4O3S/c8-6-7(10-5-9-6)15(12,13)11-1-3-14-4-2-11/h5,8H,1-4H2. The van der Waals surface area contributed by atoms with Gasteiger partial charge in [0.15, 0.2) is 5.84 Å². The highest BCUT2D eigenvalue weighted by molar-refractivity contribution is 8.06. The van der Waals surface area contributed by atoms with Crippen LogP contribution < -0.4 is 0 Å². The molecule has 0 atom stereocenters. The summed E-state index contributed by atoms with van der Waals surface area (Å²) in [6.45, 7) is 1.35. The average Bonchev–Trinajstić information content (AvgIpc) is 2.66. The monoisotopic (exact) mass is 230 g/mol. The fraction of sp³-hybridized carbons (Fsp3) is 0.571. The number of hydrogen-bond donors (Lipinski definition) is 1. The molecule has 1 saturated heterocycles. The van der Waals surface area contributed by atoms with Crippen LogP contribution in [0.1, 0.15) is 0 Å². The predicted molar refractivity (Wildman–Crippen MR) is 55.0 cm³/mol. The molecule has 7 nitrogen and oxygen atoms in total. The van der Waals surface area contributed by atoms with Gasteiger partial charge < -0.3 is 4.74 Å². The molecule has 0 unspecified atom stereocenters. The van der Waals surface area contributed by atoms with Crippen LogP contribution in [-0.4, -0.2) is 56.2 Å². The van der Waals surface area contributed by atoms with Gasteiger partial charge >= 0.3 is 0 Å². The number of hydrogen-bond acceptors (Lipinski definition) is 5. The largest absolute Gasteiger partial charge is 0.379 e. The van der Waals surface area contributed by atoms with Gasteiger partial charge in [-0.25, -0.2) is 18.4 Å². The van der Waals surface area contributed by atoms with E-state index in [1.54, 1.807) is 0 Å². The fourth-order valence-corrected chi connectivity index (χ4v) is 2.71. The van der Waals surface area contributed by atoms with Crippen molar-refractivity contribution in [2.24, 2.45) is 9.98 Å². The normalized spacial score (nSPS) is 23.2. The van der Waals surface area contributed by atoms with Gasteiger partial charge in [0.25, 0.3) is 10.0 Å². The summed E-state index contributed by atoms with van der Waals surface area (Å²) >= 11 is 0. The van der Waals surface area contributed by atoms with Crippen molar-refractivity contribution in [3.05, 3.63) is 0 Å². The van der Waals surface area contributed by atoms with E-state index in [9.17, 15) is 8.42 Å². The van der Waals surface area contributed by atoms with Crippen molar-refractivity contribution in [2.75, 3.05) is 26.3 Å². The Hall–Kier alpha value is -1.12. The molecule has 2 heterocycles. The third-order valence-electron chi connectivity index (χ3n) is 2.12. The summed E-state index contributed by atoms with van der Waals surface area (Å²) < 4.78 is 30.1. The predicted octanol–water partition coefficient (Wildman–Crippen LogP) is -0.934. The molecule has 1 fully saturated rings. The first-order chi connectivity index (χ1) is 7.12. The summed E-state index contributed by atoms with van der Waals surface area (Å²) in [4.78, 5) is 7.09. The van der Waals surface area contributed by atoms with E-state index in [4.69, 9.17) is 10.1 Å². The summed E-state index contributed by atoms with van der Waals surface area (Å²) in [6, 6.07) is 0.